The lowest BCUT2D eigenvalue weighted by atomic mass is 10.1. The van der Waals surface area contributed by atoms with Gasteiger partial charge in [-0.25, -0.2) is 4.79 Å². The van der Waals surface area contributed by atoms with Crippen molar-refractivity contribution in [2.45, 2.75) is 12.5 Å². The average Bonchev–Trinajstić information content (AvgIpc) is 2.54. The molecule has 2 rings (SSSR count). The van der Waals surface area contributed by atoms with Crippen molar-refractivity contribution < 1.29 is 50.5 Å². The van der Waals surface area contributed by atoms with Crippen LogP contribution in [0.3, 0.4) is 0 Å². The number of carboxylic acid groups (broad SMARTS) is 1. The van der Waals surface area contributed by atoms with Crippen molar-refractivity contribution >= 4 is 11.9 Å². The van der Waals surface area contributed by atoms with Crippen LogP contribution in [0.2, 0.25) is 0 Å². The van der Waals surface area contributed by atoms with E-state index >= 15 is 0 Å². The van der Waals surface area contributed by atoms with E-state index in [9.17, 15) is 41.0 Å². The highest BCUT2D eigenvalue weighted by Gasteiger charge is 2.33. The standard InChI is InChI=1S/C16H8F6O5/c17-15(18,19)10-4-1-8(2-5-10)14(25)26-12-7-9(13(23)24)3-6-11(12)27-16(20,21)22/h1-7H,(H,23,24)/p-1. The summed E-state index contributed by atoms with van der Waals surface area (Å²) in [5.41, 5.74) is -2.08. The van der Waals surface area contributed by atoms with Gasteiger partial charge in [-0.15, -0.1) is 13.2 Å². The number of rotatable bonds is 4. The van der Waals surface area contributed by atoms with E-state index in [1.807, 2.05) is 0 Å². The smallest absolute Gasteiger partial charge is 0.545 e. The lowest BCUT2D eigenvalue weighted by Gasteiger charge is -2.15. The minimum atomic E-state index is -5.17. The molecule has 0 atom stereocenters. The van der Waals surface area contributed by atoms with Crippen molar-refractivity contribution in [1.82, 2.24) is 0 Å². The van der Waals surface area contributed by atoms with Gasteiger partial charge in [0.2, 0.25) is 0 Å². The highest BCUT2D eigenvalue weighted by atomic mass is 19.4. The van der Waals surface area contributed by atoms with Crippen LogP contribution in [-0.4, -0.2) is 18.3 Å². The van der Waals surface area contributed by atoms with Crippen molar-refractivity contribution in [3.8, 4) is 11.5 Å². The molecule has 0 heterocycles. The predicted molar refractivity (Wildman–Crippen MR) is 73.9 cm³/mol. The van der Waals surface area contributed by atoms with Gasteiger partial charge in [0, 0.05) is 5.56 Å². The summed E-state index contributed by atoms with van der Waals surface area (Å²) in [6.07, 6.45) is -9.82. The summed E-state index contributed by atoms with van der Waals surface area (Å²) < 4.78 is 83.0. The Kier molecular flexibility index (Phi) is 5.33. The van der Waals surface area contributed by atoms with Crippen LogP contribution in [0.25, 0.3) is 0 Å². The zero-order chi connectivity index (χ0) is 20.4. The molecule has 0 unspecified atom stereocenters. The van der Waals surface area contributed by atoms with Crippen molar-refractivity contribution in [2.24, 2.45) is 0 Å². The van der Waals surface area contributed by atoms with Gasteiger partial charge in [0.25, 0.3) is 0 Å². The number of hydrogen-bond donors (Lipinski definition) is 0. The van der Waals surface area contributed by atoms with Gasteiger partial charge in [0.05, 0.1) is 17.1 Å². The second kappa shape index (κ2) is 7.17. The third kappa shape index (κ3) is 5.36. The quantitative estimate of drug-likeness (QED) is 0.453. The number of halogens is 6. The predicted octanol–water partition coefficient (Wildman–Crippen LogP) is 3.19. The third-order valence-corrected chi connectivity index (χ3v) is 3.06. The number of hydrogen-bond acceptors (Lipinski definition) is 5. The van der Waals surface area contributed by atoms with Crippen LogP contribution in [0.15, 0.2) is 42.5 Å². The fourth-order valence-corrected chi connectivity index (χ4v) is 1.88. The fourth-order valence-electron chi connectivity index (χ4n) is 1.88. The maximum Gasteiger partial charge on any atom is 0.573 e. The lowest BCUT2D eigenvalue weighted by Crippen LogP contribution is -2.23. The monoisotopic (exact) mass is 393 g/mol. The van der Waals surface area contributed by atoms with E-state index in [2.05, 4.69) is 9.47 Å². The molecular weight excluding hydrogens is 386 g/mol. The molecule has 0 radical (unpaired) electrons. The number of carboxylic acids is 1. The van der Waals surface area contributed by atoms with E-state index in [0.29, 0.717) is 24.3 Å². The summed E-state index contributed by atoms with van der Waals surface area (Å²) in [5, 5.41) is 10.8. The summed E-state index contributed by atoms with van der Waals surface area (Å²) in [4.78, 5) is 22.8. The molecule has 0 spiro atoms. The van der Waals surface area contributed by atoms with Crippen LogP contribution in [0.1, 0.15) is 26.3 Å². The molecule has 0 bridgehead atoms. The first-order valence-electron chi connectivity index (χ1n) is 6.87. The summed E-state index contributed by atoms with van der Waals surface area (Å²) in [6, 6.07) is 4.51. The Morgan fingerprint density at radius 3 is 1.85 bits per heavy atom. The van der Waals surface area contributed by atoms with Gasteiger partial charge in [-0.05, 0) is 42.5 Å². The first kappa shape index (κ1) is 20.1. The molecule has 0 aromatic heterocycles. The number of esters is 1. The molecule has 144 valence electrons. The highest BCUT2D eigenvalue weighted by Crippen LogP contribution is 2.34. The van der Waals surface area contributed by atoms with E-state index in [1.165, 1.54) is 0 Å². The Morgan fingerprint density at radius 1 is 0.815 bits per heavy atom. The SMILES string of the molecule is O=C([O-])c1ccc(OC(F)(F)F)c(OC(=O)c2ccc(C(F)(F)F)cc2)c1. The summed E-state index contributed by atoms with van der Waals surface area (Å²) in [5.74, 6) is -5.02. The Labute approximate surface area is 146 Å². The molecule has 27 heavy (non-hydrogen) atoms. The molecule has 0 fully saturated rings. The molecule has 0 saturated heterocycles. The van der Waals surface area contributed by atoms with Gasteiger partial charge in [-0.1, -0.05) is 0 Å². The van der Waals surface area contributed by atoms with Crippen molar-refractivity contribution in [1.29, 1.82) is 0 Å². The van der Waals surface area contributed by atoms with Crippen LogP contribution in [0.4, 0.5) is 26.3 Å². The number of benzene rings is 2. The second-order valence-corrected chi connectivity index (χ2v) is 4.96. The van der Waals surface area contributed by atoms with Gasteiger partial charge in [-0.2, -0.15) is 13.2 Å². The number of aromatic carboxylic acids is 1. The van der Waals surface area contributed by atoms with Gasteiger partial charge in [0.15, 0.2) is 11.5 Å². The van der Waals surface area contributed by atoms with Crippen molar-refractivity contribution in [2.75, 3.05) is 0 Å². The lowest BCUT2D eigenvalue weighted by molar-refractivity contribution is -0.275. The average molecular weight is 393 g/mol. The minimum absolute atomic E-state index is 0.417. The number of carbonyl (C=O) groups is 2. The van der Waals surface area contributed by atoms with Crippen LogP contribution in [0.5, 0.6) is 11.5 Å². The number of ether oxygens (including phenoxy) is 2. The van der Waals surface area contributed by atoms with Crippen molar-refractivity contribution in [3.63, 3.8) is 0 Å². The first-order chi connectivity index (χ1) is 12.4. The van der Waals surface area contributed by atoms with E-state index in [0.717, 1.165) is 18.2 Å². The maximum atomic E-state index is 12.5. The summed E-state index contributed by atoms with van der Waals surface area (Å²) >= 11 is 0. The number of carbonyl (C=O) groups excluding carboxylic acids is 2. The van der Waals surface area contributed by atoms with Crippen LogP contribution in [0, 0.1) is 0 Å². The van der Waals surface area contributed by atoms with Crippen molar-refractivity contribution in [3.05, 3.63) is 59.2 Å². The molecule has 0 aliphatic carbocycles. The Morgan fingerprint density at radius 2 is 1.37 bits per heavy atom. The first-order valence-corrected chi connectivity index (χ1v) is 6.87. The Bertz CT molecular complexity index is 855. The van der Waals surface area contributed by atoms with Gasteiger partial charge < -0.3 is 19.4 Å². The summed E-state index contributed by atoms with van der Waals surface area (Å²) in [6.45, 7) is 0. The van der Waals surface area contributed by atoms with Gasteiger partial charge in [-0.3, -0.25) is 0 Å². The Hall–Kier alpha value is -3.24. The highest BCUT2D eigenvalue weighted by molar-refractivity contribution is 5.92. The second-order valence-electron chi connectivity index (χ2n) is 4.96. The molecule has 2 aromatic rings. The zero-order valence-corrected chi connectivity index (χ0v) is 12.9. The van der Waals surface area contributed by atoms with Crippen LogP contribution < -0.4 is 14.6 Å². The molecular formula is C16H7F6O5-. The maximum absolute atomic E-state index is 12.5. The molecule has 11 heteroatoms. The topological polar surface area (TPSA) is 75.7 Å². The molecule has 5 nitrogen and oxygen atoms in total. The van der Waals surface area contributed by atoms with Crippen LogP contribution in [-0.2, 0) is 6.18 Å². The number of alkyl halides is 6. The third-order valence-electron chi connectivity index (χ3n) is 3.06. The largest absolute Gasteiger partial charge is 0.573 e. The van der Waals surface area contributed by atoms with E-state index in [-0.39, 0.29) is 0 Å². The van der Waals surface area contributed by atoms with E-state index in [1.54, 1.807) is 0 Å². The summed E-state index contributed by atoms with van der Waals surface area (Å²) in [7, 11) is 0. The zero-order valence-electron chi connectivity index (χ0n) is 12.9. The van der Waals surface area contributed by atoms with E-state index in [4.69, 9.17) is 0 Å². The molecule has 0 aliphatic rings. The Balaban J connectivity index is 2.32. The molecule has 0 aliphatic heterocycles. The van der Waals surface area contributed by atoms with Gasteiger partial charge >= 0.3 is 18.5 Å². The normalized spacial score (nSPS) is 11.8. The molecule has 0 saturated carbocycles. The van der Waals surface area contributed by atoms with Crippen LogP contribution >= 0.6 is 0 Å². The minimum Gasteiger partial charge on any atom is -0.545 e. The fraction of sp³-hybridized carbons (Fsp3) is 0.125. The molecule has 2 aromatic carbocycles. The van der Waals surface area contributed by atoms with E-state index < -0.39 is 52.7 Å². The van der Waals surface area contributed by atoms with Gasteiger partial charge in [0.1, 0.15) is 0 Å². The molecule has 0 amide bonds. The molecule has 0 N–H and O–H groups in total.